The number of carbonyl (C=O) groups is 1. The van der Waals surface area contributed by atoms with E-state index in [1.165, 1.54) is 16.9 Å². The van der Waals surface area contributed by atoms with Crippen LogP contribution in [0.15, 0.2) is 47.3 Å². The maximum Gasteiger partial charge on any atom is 0.256 e. The predicted molar refractivity (Wildman–Crippen MR) is 101 cm³/mol. The van der Waals surface area contributed by atoms with Crippen LogP contribution in [-0.2, 0) is 11.3 Å². The number of hydrogen-bond acceptors (Lipinski definition) is 4. The van der Waals surface area contributed by atoms with Gasteiger partial charge in [0.1, 0.15) is 0 Å². The number of aromatic nitrogens is 1. The first kappa shape index (κ1) is 16.3. The predicted octanol–water partition coefficient (Wildman–Crippen LogP) is 3.29. The van der Waals surface area contributed by atoms with Crippen LogP contribution in [0.2, 0.25) is 0 Å². The number of thiophene rings is 1. The molecule has 0 aliphatic carbocycles. The highest BCUT2D eigenvalue weighted by molar-refractivity contribution is 7.08. The number of anilines is 1. The minimum Gasteiger partial charge on any atom is -0.379 e. The van der Waals surface area contributed by atoms with E-state index >= 15 is 0 Å². The van der Waals surface area contributed by atoms with Crippen molar-refractivity contribution in [3.05, 3.63) is 52.9 Å². The van der Waals surface area contributed by atoms with Crippen LogP contribution in [0, 0.1) is 0 Å². The third kappa shape index (κ3) is 3.76. The summed E-state index contributed by atoms with van der Waals surface area (Å²) in [4.78, 5) is 14.6. The Hall–Kier alpha value is -2.15. The average Bonchev–Trinajstić information content (AvgIpc) is 3.31. The second kappa shape index (κ2) is 7.39. The lowest BCUT2D eigenvalue weighted by molar-refractivity contribution is 0.0365. The van der Waals surface area contributed by atoms with Crippen molar-refractivity contribution in [3.8, 4) is 0 Å². The van der Waals surface area contributed by atoms with E-state index in [1.54, 1.807) is 0 Å². The summed E-state index contributed by atoms with van der Waals surface area (Å²) in [6, 6.07) is 10.0. The van der Waals surface area contributed by atoms with Gasteiger partial charge < -0.3 is 14.6 Å². The van der Waals surface area contributed by atoms with Crippen LogP contribution in [0.25, 0.3) is 10.9 Å². The molecule has 4 rings (SSSR count). The highest BCUT2D eigenvalue weighted by Crippen LogP contribution is 2.21. The van der Waals surface area contributed by atoms with Crippen molar-refractivity contribution in [1.29, 1.82) is 0 Å². The first-order valence-electron chi connectivity index (χ1n) is 8.52. The first-order valence-corrected chi connectivity index (χ1v) is 9.46. The highest BCUT2D eigenvalue weighted by atomic mass is 32.1. The van der Waals surface area contributed by atoms with Crippen LogP contribution in [0.4, 0.5) is 5.69 Å². The summed E-state index contributed by atoms with van der Waals surface area (Å²) in [5.41, 5.74) is 2.73. The number of benzene rings is 1. The number of morpholine rings is 1. The molecule has 0 radical (unpaired) electrons. The topological polar surface area (TPSA) is 46.5 Å². The molecule has 130 valence electrons. The third-order valence-corrected chi connectivity index (χ3v) is 5.26. The molecule has 1 fully saturated rings. The number of fused-ring (bicyclic) bond motifs is 1. The molecular weight excluding hydrogens is 334 g/mol. The molecule has 0 unspecified atom stereocenters. The highest BCUT2D eigenvalue weighted by Gasteiger charge is 2.11. The van der Waals surface area contributed by atoms with E-state index in [0.717, 1.165) is 50.5 Å². The Labute approximate surface area is 150 Å². The van der Waals surface area contributed by atoms with Crippen molar-refractivity contribution in [3.63, 3.8) is 0 Å². The lowest BCUT2D eigenvalue weighted by Gasteiger charge is -2.26. The molecule has 5 nitrogen and oxygen atoms in total. The molecule has 1 N–H and O–H groups in total. The monoisotopic (exact) mass is 355 g/mol. The van der Waals surface area contributed by atoms with Gasteiger partial charge in [0.25, 0.3) is 5.91 Å². The van der Waals surface area contributed by atoms with Crippen LogP contribution in [-0.4, -0.2) is 48.2 Å². The zero-order chi connectivity index (χ0) is 17.1. The van der Waals surface area contributed by atoms with E-state index in [0.29, 0.717) is 5.56 Å². The number of amides is 1. The number of nitrogens with zero attached hydrogens (tertiary/aromatic N) is 2. The Kier molecular flexibility index (Phi) is 4.83. The number of carbonyl (C=O) groups excluding carboxylic acids is 1. The molecule has 1 aliphatic heterocycles. The van der Waals surface area contributed by atoms with Crippen LogP contribution in [0.5, 0.6) is 0 Å². The second-order valence-corrected chi connectivity index (χ2v) is 6.98. The van der Waals surface area contributed by atoms with Gasteiger partial charge in [-0.3, -0.25) is 9.69 Å². The fourth-order valence-corrected chi connectivity index (χ4v) is 3.78. The maximum atomic E-state index is 12.2. The fraction of sp³-hybridized carbons (Fsp3) is 0.316. The largest absolute Gasteiger partial charge is 0.379 e. The minimum atomic E-state index is -0.0626. The molecule has 0 bridgehead atoms. The van der Waals surface area contributed by atoms with E-state index in [-0.39, 0.29) is 5.91 Å². The molecule has 0 spiro atoms. The standard InChI is InChI=1S/C19H21N3O2S/c23-19(16-4-12-25-14-16)20-17-1-2-18-15(13-17)3-5-22(18)7-6-21-8-10-24-11-9-21/h1-5,12-14H,6-11H2,(H,20,23). The normalized spacial score (nSPS) is 15.5. The number of rotatable bonds is 5. The van der Waals surface area contributed by atoms with Gasteiger partial charge >= 0.3 is 0 Å². The van der Waals surface area contributed by atoms with Crippen molar-refractivity contribution in [1.82, 2.24) is 9.47 Å². The number of hydrogen-bond donors (Lipinski definition) is 1. The van der Waals surface area contributed by atoms with Crippen LogP contribution >= 0.6 is 11.3 Å². The number of nitrogens with one attached hydrogen (secondary N) is 1. The summed E-state index contributed by atoms with van der Waals surface area (Å²) in [5.74, 6) is -0.0626. The van der Waals surface area contributed by atoms with Crippen molar-refractivity contribution in [2.24, 2.45) is 0 Å². The summed E-state index contributed by atoms with van der Waals surface area (Å²) in [7, 11) is 0. The van der Waals surface area contributed by atoms with Crippen molar-refractivity contribution in [2.45, 2.75) is 6.54 Å². The van der Waals surface area contributed by atoms with E-state index < -0.39 is 0 Å². The Morgan fingerprint density at radius 3 is 2.84 bits per heavy atom. The van der Waals surface area contributed by atoms with Gasteiger partial charge in [-0.25, -0.2) is 0 Å². The molecular formula is C19H21N3O2S. The fourth-order valence-electron chi connectivity index (χ4n) is 3.14. The Bertz CT molecular complexity index is 851. The van der Waals surface area contributed by atoms with Crippen molar-refractivity contribution < 1.29 is 9.53 Å². The number of ether oxygens (including phenoxy) is 1. The van der Waals surface area contributed by atoms with Gasteiger partial charge in [-0.15, -0.1) is 0 Å². The van der Waals surface area contributed by atoms with Gasteiger partial charge in [-0.2, -0.15) is 11.3 Å². The molecule has 0 saturated carbocycles. The van der Waals surface area contributed by atoms with Gasteiger partial charge in [0.2, 0.25) is 0 Å². The van der Waals surface area contributed by atoms with Gasteiger partial charge in [0, 0.05) is 54.3 Å². The Morgan fingerprint density at radius 2 is 2.04 bits per heavy atom. The lowest BCUT2D eigenvalue weighted by atomic mass is 10.2. The van der Waals surface area contributed by atoms with E-state index in [4.69, 9.17) is 4.74 Å². The molecule has 25 heavy (non-hydrogen) atoms. The Morgan fingerprint density at radius 1 is 1.16 bits per heavy atom. The van der Waals surface area contributed by atoms with E-state index in [2.05, 4.69) is 33.1 Å². The van der Waals surface area contributed by atoms with E-state index in [1.807, 2.05) is 29.0 Å². The van der Waals surface area contributed by atoms with Crippen LogP contribution in [0.3, 0.4) is 0 Å². The summed E-state index contributed by atoms with van der Waals surface area (Å²) in [6.45, 7) is 5.68. The van der Waals surface area contributed by atoms with Crippen LogP contribution in [0.1, 0.15) is 10.4 Å². The van der Waals surface area contributed by atoms with Crippen molar-refractivity contribution >= 4 is 33.8 Å². The van der Waals surface area contributed by atoms with Crippen molar-refractivity contribution in [2.75, 3.05) is 38.2 Å². The van der Waals surface area contributed by atoms with Gasteiger partial charge in [-0.05, 0) is 35.7 Å². The first-order chi connectivity index (χ1) is 12.3. The smallest absolute Gasteiger partial charge is 0.256 e. The molecule has 0 atom stereocenters. The molecule has 1 aliphatic rings. The third-order valence-electron chi connectivity index (χ3n) is 4.57. The molecule has 1 saturated heterocycles. The maximum absolute atomic E-state index is 12.2. The summed E-state index contributed by atoms with van der Waals surface area (Å²) in [5, 5.41) is 7.88. The molecule has 3 heterocycles. The summed E-state index contributed by atoms with van der Waals surface area (Å²) in [6.07, 6.45) is 2.12. The lowest BCUT2D eigenvalue weighted by Crippen LogP contribution is -2.38. The van der Waals surface area contributed by atoms with Gasteiger partial charge in [0.15, 0.2) is 0 Å². The molecule has 6 heteroatoms. The molecule has 1 amide bonds. The second-order valence-electron chi connectivity index (χ2n) is 6.20. The molecule has 2 aromatic heterocycles. The Balaban J connectivity index is 1.44. The summed E-state index contributed by atoms with van der Waals surface area (Å²) >= 11 is 1.53. The molecule has 3 aromatic rings. The minimum absolute atomic E-state index is 0.0626. The van der Waals surface area contributed by atoms with Gasteiger partial charge in [-0.1, -0.05) is 0 Å². The van der Waals surface area contributed by atoms with Crippen LogP contribution < -0.4 is 5.32 Å². The van der Waals surface area contributed by atoms with E-state index in [9.17, 15) is 4.79 Å². The molecule has 1 aromatic carbocycles. The average molecular weight is 355 g/mol. The quantitative estimate of drug-likeness (QED) is 0.764. The zero-order valence-electron chi connectivity index (χ0n) is 14.0. The summed E-state index contributed by atoms with van der Waals surface area (Å²) < 4.78 is 7.67. The zero-order valence-corrected chi connectivity index (χ0v) is 14.8. The van der Waals surface area contributed by atoms with Gasteiger partial charge in [0.05, 0.1) is 18.8 Å². The SMILES string of the molecule is O=C(Nc1ccc2c(ccn2CCN2CCOCC2)c1)c1ccsc1.